The highest BCUT2D eigenvalue weighted by molar-refractivity contribution is 5.89. The molecule has 6 nitrogen and oxygen atoms in total. The van der Waals surface area contributed by atoms with Crippen LogP contribution in [0.5, 0.6) is 23.0 Å². The van der Waals surface area contributed by atoms with E-state index in [1.54, 1.807) is 12.1 Å². The molecule has 196 valence electrons. The molecule has 39 heavy (non-hydrogen) atoms. The standard InChI is InChI=1S/C33H28O6/c1-2-33(34)39-28(22-36-31-18-7-12-24-10-3-5-16-29(24)31)21-35-26-14-9-15-27(20-26)37-23-38-32-19-8-13-25-11-4-6-17-30(25)32/h2-20,28H,1,21-23H2. The molecular weight excluding hydrogens is 492 g/mol. The van der Waals surface area contributed by atoms with Gasteiger partial charge in [-0.1, -0.05) is 85.4 Å². The van der Waals surface area contributed by atoms with Gasteiger partial charge in [0.15, 0.2) is 6.10 Å². The minimum Gasteiger partial charge on any atom is -0.489 e. The second-order valence-corrected chi connectivity index (χ2v) is 8.72. The maximum absolute atomic E-state index is 11.9. The Morgan fingerprint density at radius 1 is 0.641 bits per heavy atom. The van der Waals surface area contributed by atoms with Gasteiger partial charge in [0.2, 0.25) is 6.79 Å². The molecule has 6 heteroatoms. The molecule has 0 aliphatic carbocycles. The van der Waals surface area contributed by atoms with E-state index < -0.39 is 12.1 Å². The number of ether oxygens (including phenoxy) is 5. The third-order valence-electron chi connectivity index (χ3n) is 6.05. The van der Waals surface area contributed by atoms with Crippen molar-refractivity contribution in [3.05, 3.63) is 122 Å². The molecule has 0 bridgehead atoms. The van der Waals surface area contributed by atoms with Crippen LogP contribution in [0.25, 0.3) is 21.5 Å². The molecule has 0 aliphatic rings. The van der Waals surface area contributed by atoms with Gasteiger partial charge >= 0.3 is 5.97 Å². The van der Waals surface area contributed by atoms with Crippen molar-refractivity contribution < 1.29 is 28.5 Å². The summed E-state index contributed by atoms with van der Waals surface area (Å²) in [5.41, 5.74) is 0. The molecule has 1 unspecified atom stereocenters. The summed E-state index contributed by atoms with van der Waals surface area (Å²) in [5.74, 6) is 2.04. The third-order valence-corrected chi connectivity index (χ3v) is 6.05. The first-order valence-electron chi connectivity index (χ1n) is 12.6. The Balaban J connectivity index is 1.19. The van der Waals surface area contributed by atoms with Gasteiger partial charge in [0.25, 0.3) is 0 Å². The van der Waals surface area contributed by atoms with Crippen LogP contribution in [0.4, 0.5) is 0 Å². The number of carbonyl (C=O) groups excluding carboxylic acids is 1. The van der Waals surface area contributed by atoms with Gasteiger partial charge in [0, 0.05) is 22.9 Å². The summed E-state index contributed by atoms with van der Waals surface area (Å²) in [6, 6.07) is 34.9. The molecular formula is C33H28O6. The number of hydrogen-bond donors (Lipinski definition) is 0. The Bertz CT molecular complexity index is 1570. The van der Waals surface area contributed by atoms with Gasteiger partial charge in [-0.25, -0.2) is 4.79 Å². The van der Waals surface area contributed by atoms with Crippen LogP contribution in [0.1, 0.15) is 0 Å². The van der Waals surface area contributed by atoms with Crippen LogP contribution >= 0.6 is 0 Å². The summed E-state index contributed by atoms with van der Waals surface area (Å²) in [7, 11) is 0. The van der Waals surface area contributed by atoms with Crippen molar-refractivity contribution in [3.8, 4) is 23.0 Å². The van der Waals surface area contributed by atoms with Crippen molar-refractivity contribution in [1.29, 1.82) is 0 Å². The van der Waals surface area contributed by atoms with Crippen LogP contribution in [-0.2, 0) is 9.53 Å². The van der Waals surface area contributed by atoms with Gasteiger partial charge in [0.05, 0.1) is 0 Å². The fraction of sp³-hybridized carbons (Fsp3) is 0.121. The zero-order valence-corrected chi connectivity index (χ0v) is 21.3. The SMILES string of the molecule is C=CC(=O)OC(COc1cccc(OCOc2cccc3ccccc23)c1)COc1cccc2ccccc12. The fourth-order valence-electron chi connectivity index (χ4n) is 4.16. The normalized spacial score (nSPS) is 11.5. The molecule has 0 fully saturated rings. The van der Waals surface area contributed by atoms with Gasteiger partial charge in [-0.15, -0.1) is 0 Å². The van der Waals surface area contributed by atoms with E-state index >= 15 is 0 Å². The average Bonchev–Trinajstić information content (AvgIpc) is 2.98. The lowest BCUT2D eigenvalue weighted by Gasteiger charge is -2.19. The Morgan fingerprint density at radius 2 is 1.18 bits per heavy atom. The maximum Gasteiger partial charge on any atom is 0.330 e. The molecule has 0 N–H and O–H groups in total. The van der Waals surface area contributed by atoms with Gasteiger partial charge in [0.1, 0.15) is 36.2 Å². The van der Waals surface area contributed by atoms with Crippen LogP contribution < -0.4 is 18.9 Å². The second kappa shape index (κ2) is 12.5. The van der Waals surface area contributed by atoms with Crippen molar-refractivity contribution in [2.45, 2.75) is 6.10 Å². The van der Waals surface area contributed by atoms with E-state index in [4.69, 9.17) is 23.7 Å². The first kappa shape index (κ1) is 25.7. The molecule has 0 saturated heterocycles. The highest BCUT2D eigenvalue weighted by Crippen LogP contribution is 2.27. The van der Waals surface area contributed by atoms with E-state index in [-0.39, 0.29) is 20.0 Å². The number of carbonyl (C=O) groups is 1. The monoisotopic (exact) mass is 520 g/mol. The summed E-state index contributed by atoms with van der Waals surface area (Å²) < 4.78 is 29.1. The summed E-state index contributed by atoms with van der Waals surface area (Å²) in [4.78, 5) is 11.9. The largest absolute Gasteiger partial charge is 0.489 e. The van der Waals surface area contributed by atoms with Crippen molar-refractivity contribution >= 4 is 27.5 Å². The molecule has 5 aromatic carbocycles. The molecule has 5 aromatic rings. The van der Waals surface area contributed by atoms with E-state index in [2.05, 4.69) is 6.58 Å². The molecule has 0 aromatic heterocycles. The number of fused-ring (bicyclic) bond motifs is 2. The lowest BCUT2D eigenvalue weighted by atomic mass is 10.1. The van der Waals surface area contributed by atoms with Crippen LogP contribution in [0.2, 0.25) is 0 Å². The molecule has 0 amide bonds. The average molecular weight is 521 g/mol. The quantitative estimate of drug-likeness (QED) is 0.101. The zero-order chi connectivity index (χ0) is 26.9. The van der Waals surface area contributed by atoms with E-state index in [1.165, 1.54) is 0 Å². The van der Waals surface area contributed by atoms with E-state index in [1.807, 2.05) is 97.1 Å². The number of benzene rings is 5. The lowest BCUT2D eigenvalue weighted by molar-refractivity contribution is -0.146. The van der Waals surface area contributed by atoms with Crippen LogP contribution in [0, 0.1) is 0 Å². The molecule has 0 radical (unpaired) electrons. The molecule has 0 saturated carbocycles. The summed E-state index contributed by atoms with van der Waals surface area (Å²) in [5, 5.41) is 4.16. The predicted octanol–water partition coefficient (Wildman–Crippen LogP) is 6.96. The Labute approximate surface area is 227 Å². The van der Waals surface area contributed by atoms with Crippen molar-refractivity contribution in [3.63, 3.8) is 0 Å². The van der Waals surface area contributed by atoms with Crippen LogP contribution in [0.3, 0.4) is 0 Å². The van der Waals surface area contributed by atoms with E-state index in [0.717, 1.165) is 33.4 Å². The van der Waals surface area contributed by atoms with Crippen molar-refractivity contribution in [2.24, 2.45) is 0 Å². The summed E-state index contributed by atoms with van der Waals surface area (Å²) in [6.45, 7) is 3.72. The van der Waals surface area contributed by atoms with Gasteiger partial charge in [-0.2, -0.15) is 0 Å². The lowest BCUT2D eigenvalue weighted by Crippen LogP contribution is -2.30. The third kappa shape index (κ3) is 6.67. The minimum atomic E-state index is -0.659. The molecule has 0 aliphatic heterocycles. The highest BCUT2D eigenvalue weighted by atomic mass is 16.7. The second-order valence-electron chi connectivity index (χ2n) is 8.72. The number of esters is 1. The summed E-state index contributed by atoms with van der Waals surface area (Å²) >= 11 is 0. The van der Waals surface area contributed by atoms with Gasteiger partial charge < -0.3 is 23.7 Å². The van der Waals surface area contributed by atoms with Gasteiger partial charge in [-0.3, -0.25) is 0 Å². The van der Waals surface area contributed by atoms with Crippen molar-refractivity contribution in [1.82, 2.24) is 0 Å². The first-order valence-corrected chi connectivity index (χ1v) is 12.6. The van der Waals surface area contributed by atoms with Crippen LogP contribution in [0.15, 0.2) is 122 Å². The van der Waals surface area contributed by atoms with Crippen molar-refractivity contribution in [2.75, 3.05) is 20.0 Å². The number of rotatable bonds is 12. The maximum atomic E-state index is 11.9. The van der Waals surface area contributed by atoms with Crippen LogP contribution in [-0.4, -0.2) is 32.1 Å². The van der Waals surface area contributed by atoms with E-state index in [0.29, 0.717) is 17.2 Å². The smallest absolute Gasteiger partial charge is 0.330 e. The molecule has 0 spiro atoms. The predicted molar refractivity (Wildman–Crippen MR) is 152 cm³/mol. The Kier molecular flexibility index (Phi) is 8.24. The molecule has 1 atom stereocenters. The Morgan fingerprint density at radius 3 is 1.85 bits per heavy atom. The molecule has 0 heterocycles. The van der Waals surface area contributed by atoms with E-state index in [9.17, 15) is 4.79 Å². The zero-order valence-electron chi connectivity index (χ0n) is 21.3. The minimum absolute atomic E-state index is 0.0376. The first-order chi connectivity index (χ1) is 19.2. The highest BCUT2D eigenvalue weighted by Gasteiger charge is 2.16. The Hall–Kier alpha value is -4.97. The molecule has 5 rings (SSSR count). The fourth-order valence-corrected chi connectivity index (χ4v) is 4.16. The summed E-state index contributed by atoms with van der Waals surface area (Å²) in [6.07, 6.45) is 0.462. The van der Waals surface area contributed by atoms with Gasteiger partial charge in [-0.05, 0) is 35.0 Å². The topological polar surface area (TPSA) is 63.2 Å². The number of hydrogen-bond acceptors (Lipinski definition) is 6.